The smallest absolute Gasteiger partial charge is 0.0593 e. The number of ether oxygens (including phenoxy) is 1. The van der Waals surface area contributed by atoms with Gasteiger partial charge in [-0.1, -0.05) is 20.8 Å². The maximum atomic E-state index is 5.99. The van der Waals surface area contributed by atoms with Gasteiger partial charge in [-0.2, -0.15) is 0 Å². The van der Waals surface area contributed by atoms with Crippen LogP contribution in [-0.4, -0.2) is 43.3 Å². The first-order valence-corrected chi connectivity index (χ1v) is 7.03. The summed E-state index contributed by atoms with van der Waals surface area (Å²) in [5.41, 5.74) is 6.11. The van der Waals surface area contributed by atoms with Crippen LogP contribution in [-0.2, 0) is 4.74 Å². The highest BCUT2D eigenvalue weighted by Gasteiger charge is 2.28. The van der Waals surface area contributed by atoms with Gasteiger partial charge in [0.25, 0.3) is 0 Å². The van der Waals surface area contributed by atoms with Crippen molar-refractivity contribution >= 4 is 0 Å². The maximum Gasteiger partial charge on any atom is 0.0593 e. The molecule has 0 aliphatic carbocycles. The highest BCUT2D eigenvalue weighted by molar-refractivity contribution is 4.87. The summed E-state index contributed by atoms with van der Waals surface area (Å²) in [6.07, 6.45) is 2.40. The molecular weight excluding hydrogens is 212 g/mol. The molecule has 0 radical (unpaired) electrons. The van der Waals surface area contributed by atoms with Crippen molar-refractivity contribution in [2.24, 2.45) is 11.7 Å². The van der Waals surface area contributed by atoms with Gasteiger partial charge in [-0.15, -0.1) is 0 Å². The van der Waals surface area contributed by atoms with Gasteiger partial charge in [-0.3, -0.25) is 4.90 Å². The van der Waals surface area contributed by atoms with Gasteiger partial charge in [0, 0.05) is 25.2 Å². The zero-order chi connectivity index (χ0) is 13.3. The third kappa shape index (κ3) is 6.39. The highest BCUT2D eigenvalue weighted by Crippen LogP contribution is 2.22. The minimum atomic E-state index is 0.121. The molecule has 0 fully saturated rings. The largest absolute Gasteiger partial charge is 0.380 e. The summed E-state index contributed by atoms with van der Waals surface area (Å²) < 4.78 is 5.45. The summed E-state index contributed by atoms with van der Waals surface area (Å²) in [6.45, 7) is 15.4. The van der Waals surface area contributed by atoms with Crippen LogP contribution in [0.25, 0.3) is 0 Å². The molecule has 0 aromatic heterocycles. The van der Waals surface area contributed by atoms with Crippen LogP contribution in [0.5, 0.6) is 0 Å². The summed E-state index contributed by atoms with van der Waals surface area (Å²) in [5.74, 6) is 0.742. The summed E-state index contributed by atoms with van der Waals surface area (Å²) >= 11 is 0. The Hall–Kier alpha value is -0.120. The monoisotopic (exact) mass is 244 g/mol. The van der Waals surface area contributed by atoms with E-state index in [9.17, 15) is 0 Å². The van der Waals surface area contributed by atoms with Crippen molar-refractivity contribution < 1.29 is 4.74 Å². The predicted molar refractivity (Wildman–Crippen MR) is 75.3 cm³/mol. The van der Waals surface area contributed by atoms with E-state index in [0.717, 1.165) is 38.8 Å². The average molecular weight is 244 g/mol. The third-order valence-electron chi connectivity index (χ3n) is 3.55. The molecule has 0 rings (SSSR count). The lowest BCUT2D eigenvalue weighted by molar-refractivity contribution is 0.0536. The molecule has 0 saturated heterocycles. The minimum absolute atomic E-state index is 0.121. The van der Waals surface area contributed by atoms with E-state index in [2.05, 4.69) is 32.6 Å². The zero-order valence-electron chi connectivity index (χ0n) is 12.5. The normalized spacial score (nSPS) is 15.5. The Morgan fingerprint density at radius 2 is 1.94 bits per heavy atom. The van der Waals surface area contributed by atoms with E-state index in [1.165, 1.54) is 12.8 Å². The van der Waals surface area contributed by atoms with Gasteiger partial charge in [-0.25, -0.2) is 0 Å². The molecule has 104 valence electrons. The molecule has 0 aliphatic heterocycles. The number of hydrogen-bond acceptors (Lipinski definition) is 3. The third-order valence-corrected chi connectivity index (χ3v) is 3.55. The Bertz CT molecular complexity index is 185. The Kier molecular flexibility index (Phi) is 8.83. The lowest BCUT2D eigenvalue weighted by atomic mass is 9.90. The lowest BCUT2D eigenvalue weighted by Gasteiger charge is -2.40. The van der Waals surface area contributed by atoms with Crippen LogP contribution in [0, 0.1) is 5.92 Å². The van der Waals surface area contributed by atoms with Crippen molar-refractivity contribution in [1.29, 1.82) is 0 Å². The van der Waals surface area contributed by atoms with Crippen LogP contribution in [0.15, 0.2) is 0 Å². The van der Waals surface area contributed by atoms with Crippen LogP contribution in [0.4, 0.5) is 0 Å². The fourth-order valence-corrected chi connectivity index (χ4v) is 2.12. The zero-order valence-corrected chi connectivity index (χ0v) is 12.5. The first-order chi connectivity index (χ1) is 8.00. The van der Waals surface area contributed by atoms with Crippen molar-refractivity contribution in [1.82, 2.24) is 4.90 Å². The lowest BCUT2D eigenvalue weighted by Crippen LogP contribution is -2.52. The van der Waals surface area contributed by atoms with Crippen LogP contribution in [0.3, 0.4) is 0 Å². The second-order valence-corrected chi connectivity index (χ2v) is 5.41. The minimum Gasteiger partial charge on any atom is -0.380 e. The Morgan fingerprint density at radius 1 is 1.29 bits per heavy atom. The number of rotatable bonds is 10. The molecule has 0 aromatic carbocycles. The van der Waals surface area contributed by atoms with E-state index in [1.54, 1.807) is 0 Å². The van der Waals surface area contributed by atoms with Crippen molar-refractivity contribution in [3.63, 3.8) is 0 Å². The number of hydrogen-bond donors (Lipinski definition) is 1. The highest BCUT2D eigenvalue weighted by atomic mass is 16.5. The number of nitrogens with two attached hydrogens (primary N) is 1. The molecule has 1 unspecified atom stereocenters. The van der Waals surface area contributed by atoms with Crippen molar-refractivity contribution in [2.45, 2.75) is 53.0 Å². The number of likely N-dealkylation sites (N-methyl/N-ethyl adjacent to an activating group) is 1. The Labute approximate surface area is 108 Å². The van der Waals surface area contributed by atoms with Gasteiger partial charge in [0.05, 0.1) is 6.61 Å². The fourth-order valence-electron chi connectivity index (χ4n) is 2.12. The molecule has 0 heterocycles. The molecular formula is C14H32N2O. The second-order valence-electron chi connectivity index (χ2n) is 5.41. The van der Waals surface area contributed by atoms with Crippen LogP contribution in [0.2, 0.25) is 0 Å². The van der Waals surface area contributed by atoms with Gasteiger partial charge >= 0.3 is 0 Å². The van der Waals surface area contributed by atoms with Gasteiger partial charge in [0.1, 0.15) is 0 Å². The quantitative estimate of drug-likeness (QED) is 0.600. The van der Waals surface area contributed by atoms with E-state index in [-0.39, 0.29) is 5.54 Å². The summed E-state index contributed by atoms with van der Waals surface area (Å²) in [6, 6.07) is 0. The van der Waals surface area contributed by atoms with Gasteiger partial charge in [-0.05, 0) is 39.2 Å². The Balaban J connectivity index is 4.32. The van der Waals surface area contributed by atoms with Gasteiger partial charge in [0.2, 0.25) is 0 Å². The van der Waals surface area contributed by atoms with E-state index in [0.29, 0.717) is 0 Å². The average Bonchev–Trinajstić information content (AvgIpc) is 2.32. The standard InChI is InChI=1S/C14H32N2O/c1-6-16(10-11-17-7-2)14(5,12-15)9-8-13(3)4/h13H,6-12,15H2,1-5H3. The first kappa shape index (κ1) is 16.9. The summed E-state index contributed by atoms with van der Waals surface area (Å²) in [5, 5.41) is 0. The molecule has 0 saturated carbocycles. The molecule has 1 atom stereocenters. The van der Waals surface area contributed by atoms with E-state index in [1.807, 2.05) is 6.92 Å². The summed E-state index contributed by atoms with van der Waals surface area (Å²) in [7, 11) is 0. The van der Waals surface area contributed by atoms with Crippen molar-refractivity contribution in [3.8, 4) is 0 Å². The van der Waals surface area contributed by atoms with E-state index in [4.69, 9.17) is 10.5 Å². The summed E-state index contributed by atoms with van der Waals surface area (Å²) in [4.78, 5) is 2.46. The molecule has 0 aliphatic rings. The van der Waals surface area contributed by atoms with E-state index < -0.39 is 0 Å². The molecule has 17 heavy (non-hydrogen) atoms. The SMILES string of the molecule is CCOCCN(CC)C(C)(CN)CCC(C)C. The first-order valence-electron chi connectivity index (χ1n) is 7.03. The van der Waals surface area contributed by atoms with E-state index >= 15 is 0 Å². The van der Waals surface area contributed by atoms with Crippen LogP contribution in [0.1, 0.15) is 47.5 Å². The fraction of sp³-hybridized carbons (Fsp3) is 1.00. The molecule has 0 bridgehead atoms. The maximum absolute atomic E-state index is 5.99. The van der Waals surface area contributed by atoms with Crippen LogP contribution < -0.4 is 5.73 Å². The van der Waals surface area contributed by atoms with Crippen molar-refractivity contribution in [2.75, 3.05) is 32.8 Å². The van der Waals surface area contributed by atoms with Gasteiger partial charge in [0.15, 0.2) is 0 Å². The molecule has 3 nitrogen and oxygen atoms in total. The molecule has 0 aromatic rings. The van der Waals surface area contributed by atoms with Gasteiger partial charge < -0.3 is 10.5 Å². The Morgan fingerprint density at radius 3 is 2.35 bits per heavy atom. The van der Waals surface area contributed by atoms with Crippen molar-refractivity contribution in [3.05, 3.63) is 0 Å². The number of nitrogens with zero attached hydrogens (tertiary/aromatic N) is 1. The molecule has 2 N–H and O–H groups in total. The molecule has 0 amide bonds. The topological polar surface area (TPSA) is 38.5 Å². The predicted octanol–water partition coefficient (Wildman–Crippen LogP) is 2.50. The van der Waals surface area contributed by atoms with Crippen LogP contribution >= 0.6 is 0 Å². The molecule has 3 heteroatoms. The molecule has 0 spiro atoms. The second kappa shape index (κ2) is 8.90.